The number of imidazole rings is 1. The van der Waals surface area contributed by atoms with Crippen LogP contribution in [0.1, 0.15) is 11.1 Å². The zero-order chi connectivity index (χ0) is 20.7. The third-order valence-electron chi connectivity index (χ3n) is 5.51. The summed E-state index contributed by atoms with van der Waals surface area (Å²) in [7, 11) is 1.71. The Balaban J connectivity index is 1.65. The molecule has 1 N–H and O–H groups in total. The molecular weight excluding hydrogens is 376 g/mol. The molecule has 0 fully saturated rings. The first-order valence-electron chi connectivity index (χ1n) is 10.1. The fourth-order valence-electron chi connectivity index (χ4n) is 4.03. The molecule has 1 unspecified atom stereocenters. The van der Waals surface area contributed by atoms with Gasteiger partial charge in [-0.2, -0.15) is 0 Å². The molecule has 3 heterocycles. The second-order valence-electron chi connectivity index (χ2n) is 7.69. The summed E-state index contributed by atoms with van der Waals surface area (Å²) in [5.41, 5.74) is 6.18. The van der Waals surface area contributed by atoms with Crippen molar-refractivity contribution < 1.29 is 9.47 Å². The summed E-state index contributed by atoms with van der Waals surface area (Å²) in [6.45, 7) is 5.16. The number of pyridine rings is 1. The number of aromatic amines is 1. The van der Waals surface area contributed by atoms with E-state index in [-0.39, 0.29) is 6.04 Å². The number of para-hydroxylation sites is 2. The Morgan fingerprint density at radius 3 is 2.77 bits per heavy atom. The van der Waals surface area contributed by atoms with Crippen molar-refractivity contribution in [3.05, 3.63) is 65.9 Å². The molecule has 0 amide bonds. The van der Waals surface area contributed by atoms with Crippen LogP contribution in [0.25, 0.3) is 22.4 Å². The molecular formula is C24H24N4O2. The van der Waals surface area contributed by atoms with Gasteiger partial charge >= 0.3 is 0 Å². The van der Waals surface area contributed by atoms with Gasteiger partial charge in [0.1, 0.15) is 18.2 Å². The maximum atomic E-state index is 6.27. The van der Waals surface area contributed by atoms with Crippen LogP contribution in [-0.4, -0.2) is 41.3 Å². The predicted molar refractivity (Wildman–Crippen MR) is 119 cm³/mol. The summed E-state index contributed by atoms with van der Waals surface area (Å²) < 4.78 is 11.7. The van der Waals surface area contributed by atoms with Gasteiger partial charge in [-0.15, -0.1) is 0 Å². The van der Waals surface area contributed by atoms with E-state index in [4.69, 9.17) is 14.5 Å². The highest BCUT2D eigenvalue weighted by Gasteiger charge is 2.32. The Morgan fingerprint density at radius 1 is 1.13 bits per heavy atom. The summed E-state index contributed by atoms with van der Waals surface area (Å²) >= 11 is 0. The lowest BCUT2D eigenvalue weighted by molar-refractivity contribution is 0.146. The molecule has 0 radical (unpaired) electrons. The lowest BCUT2D eigenvalue weighted by Crippen LogP contribution is -2.43. The van der Waals surface area contributed by atoms with Crippen molar-refractivity contribution in [3.8, 4) is 17.1 Å². The van der Waals surface area contributed by atoms with Gasteiger partial charge < -0.3 is 19.4 Å². The molecule has 0 spiro atoms. The van der Waals surface area contributed by atoms with Gasteiger partial charge in [-0.3, -0.25) is 0 Å². The summed E-state index contributed by atoms with van der Waals surface area (Å²) in [4.78, 5) is 15.2. The molecule has 6 nitrogen and oxygen atoms in total. The van der Waals surface area contributed by atoms with Gasteiger partial charge in [0.15, 0.2) is 5.75 Å². The van der Waals surface area contributed by atoms with Crippen molar-refractivity contribution in [2.45, 2.75) is 19.9 Å². The van der Waals surface area contributed by atoms with Crippen molar-refractivity contribution in [2.24, 2.45) is 0 Å². The number of aryl methyl sites for hydroxylation is 2. The Hall–Kier alpha value is -3.38. The predicted octanol–water partition coefficient (Wildman–Crippen LogP) is 4.79. The number of ether oxygens (including phenoxy) is 2. The first-order valence-corrected chi connectivity index (χ1v) is 10.1. The first kappa shape index (κ1) is 18.6. The van der Waals surface area contributed by atoms with E-state index < -0.39 is 0 Å². The average molecular weight is 400 g/mol. The minimum Gasteiger partial charge on any atom is -0.488 e. The number of hydrogen-bond acceptors (Lipinski definition) is 5. The van der Waals surface area contributed by atoms with Crippen LogP contribution < -0.4 is 9.64 Å². The maximum Gasteiger partial charge on any atom is 0.154 e. The normalized spacial score (nSPS) is 15.8. The van der Waals surface area contributed by atoms with Gasteiger partial charge in [0.2, 0.25) is 0 Å². The van der Waals surface area contributed by atoms with Gasteiger partial charge in [-0.1, -0.05) is 24.3 Å². The van der Waals surface area contributed by atoms with Crippen molar-refractivity contribution in [1.82, 2.24) is 15.0 Å². The third-order valence-corrected chi connectivity index (χ3v) is 5.51. The van der Waals surface area contributed by atoms with Gasteiger partial charge in [0.05, 0.1) is 34.9 Å². The van der Waals surface area contributed by atoms with E-state index in [9.17, 15) is 0 Å². The number of anilines is 2. The molecule has 1 aliphatic heterocycles. The molecule has 6 heteroatoms. The molecule has 4 aromatic rings. The molecule has 5 rings (SSSR count). The third kappa shape index (κ3) is 3.09. The van der Waals surface area contributed by atoms with E-state index in [0.29, 0.717) is 13.2 Å². The highest BCUT2D eigenvalue weighted by molar-refractivity contribution is 5.86. The number of hydrogen-bond donors (Lipinski definition) is 1. The largest absolute Gasteiger partial charge is 0.488 e. The van der Waals surface area contributed by atoms with Crippen LogP contribution in [0.2, 0.25) is 0 Å². The van der Waals surface area contributed by atoms with Crippen molar-refractivity contribution in [3.63, 3.8) is 0 Å². The lowest BCUT2D eigenvalue weighted by Gasteiger charge is -2.38. The molecule has 2 aromatic carbocycles. The van der Waals surface area contributed by atoms with Crippen LogP contribution in [0.4, 0.5) is 11.5 Å². The average Bonchev–Trinajstić information content (AvgIpc) is 3.20. The molecule has 30 heavy (non-hydrogen) atoms. The van der Waals surface area contributed by atoms with Crippen LogP contribution in [-0.2, 0) is 4.74 Å². The van der Waals surface area contributed by atoms with E-state index in [1.54, 1.807) is 7.11 Å². The molecule has 1 aliphatic rings. The van der Waals surface area contributed by atoms with Crippen LogP contribution in [0, 0.1) is 13.8 Å². The van der Waals surface area contributed by atoms with E-state index in [1.807, 2.05) is 43.5 Å². The summed E-state index contributed by atoms with van der Waals surface area (Å²) in [5.74, 6) is 2.49. The van der Waals surface area contributed by atoms with E-state index in [0.717, 1.165) is 50.8 Å². The van der Waals surface area contributed by atoms with Crippen molar-refractivity contribution in [2.75, 3.05) is 25.2 Å². The van der Waals surface area contributed by atoms with Gasteiger partial charge in [0, 0.05) is 13.3 Å². The van der Waals surface area contributed by atoms with Gasteiger partial charge in [0.25, 0.3) is 0 Å². The second-order valence-corrected chi connectivity index (χ2v) is 7.69. The Kier molecular flexibility index (Phi) is 4.64. The van der Waals surface area contributed by atoms with Crippen molar-refractivity contribution >= 4 is 22.5 Å². The Bertz CT molecular complexity index is 1200. The minimum atomic E-state index is 0.0332. The van der Waals surface area contributed by atoms with Crippen LogP contribution in [0.5, 0.6) is 5.75 Å². The number of nitrogens with one attached hydrogen (secondary N) is 1. The fourth-order valence-corrected chi connectivity index (χ4v) is 4.03. The van der Waals surface area contributed by atoms with E-state index in [2.05, 4.69) is 40.0 Å². The zero-order valence-corrected chi connectivity index (χ0v) is 17.3. The Labute approximate surface area is 175 Å². The highest BCUT2D eigenvalue weighted by Crippen LogP contribution is 2.44. The topological polar surface area (TPSA) is 63.3 Å². The standard InChI is InChI=1S/C24H24N4O2/c1-15-10-11-21(25-12-15)28-17(13-29-3)14-30-23-18(7-5-9-20(23)28)24-26-19-8-4-6-16(2)22(19)27-24/h4-12,17H,13-14H2,1-3H3,(H,26,27). The number of fused-ring (bicyclic) bond motifs is 2. The maximum absolute atomic E-state index is 6.27. The second kappa shape index (κ2) is 7.46. The summed E-state index contributed by atoms with van der Waals surface area (Å²) in [5, 5.41) is 0. The number of nitrogens with zero attached hydrogens (tertiary/aromatic N) is 3. The van der Waals surface area contributed by atoms with Gasteiger partial charge in [-0.05, 0) is 49.2 Å². The molecule has 0 bridgehead atoms. The molecule has 0 saturated carbocycles. The lowest BCUT2D eigenvalue weighted by atomic mass is 10.1. The highest BCUT2D eigenvalue weighted by atomic mass is 16.5. The number of methoxy groups -OCH3 is 1. The molecule has 1 atom stereocenters. The monoisotopic (exact) mass is 400 g/mol. The van der Waals surface area contributed by atoms with Crippen LogP contribution in [0.15, 0.2) is 54.7 Å². The molecule has 0 aliphatic carbocycles. The van der Waals surface area contributed by atoms with E-state index in [1.165, 1.54) is 0 Å². The zero-order valence-electron chi connectivity index (χ0n) is 17.3. The summed E-state index contributed by atoms with van der Waals surface area (Å²) in [6, 6.07) is 16.5. The number of aromatic nitrogens is 3. The van der Waals surface area contributed by atoms with Crippen molar-refractivity contribution in [1.29, 1.82) is 0 Å². The SMILES string of the molecule is COCC1COc2c(-c3nc4c(C)cccc4[nH]3)cccc2N1c1ccc(C)cn1. The van der Waals surface area contributed by atoms with Crippen LogP contribution >= 0.6 is 0 Å². The first-order chi connectivity index (χ1) is 14.7. The number of benzene rings is 2. The molecule has 0 saturated heterocycles. The van der Waals surface area contributed by atoms with Gasteiger partial charge in [-0.25, -0.2) is 9.97 Å². The molecule has 2 aromatic heterocycles. The van der Waals surface area contributed by atoms with E-state index >= 15 is 0 Å². The molecule has 152 valence electrons. The Morgan fingerprint density at radius 2 is 2.00 bits per heavy atom. The summed E-state index contributed by atoms with van der Waals surface area (Å²) in [6.07, 6.45) is 1.89. The minimum absolute atomic E-state index is 0.0332. The number of rotatable bonds is 4. The number of H-pyrrole nitrogens is 1. The fraction of sp³-hybridized carbons (Fsp3) is 0.250. The van der Waals surface area contributed by atoms with Crippen LogP contribution in [0.3, 0.4) is 0 Å². The quantitative estimate of drug-likeness (QED) is 0.534. The smallest absolute Gasteiger partial charge is 0.154 e.